The van der Waals surface area contributed by atoms with Crippen molar-refractivity contribution in [3.63, 3.8) is 0 Å². The van der Waals surface area contributed by atoms with E-state index in [0.29, 0.717) is 47.8 Å². The van der Waals surface area contributed by atoms with Crippen molar-refractivity contribution < 1.29 is 19.1 Å². The van der Waals surface area contributed by atoms with Crippen molar-refractivity contribution in [2.75, 3.05) is 20.2 Å². The molecule has 170 valence electrons. The quantitative estimate of drug-likeness (QED) is 0.464. The molecule has 0 saturated carbocycles. The Hall–Kier alpha value is -4.13. The van der Waals surface area contributed by atoms with Crippen LogP contribution >= 0.6 is 0 Å². The van der Waals surface area contributed by atoms with Gasteiger partial charge < -0.3 is 18.8 Å². The van der Waals surface area contributed by atoms with Gasteiger partial charge in [0.05, 0.1) is 31.3 Å². The van der Waals surface area contributed by atoms with Crippen LogP contribution in [0.1, 0.15) is 33.6 Å². The van der Waals surface area contributed by atoms with Gasteiger partial charge in [-0.2, -0.15) is 0 Å². The number of nitrogens with zero attached hydrogens (tertiary/aromatic N) is 3. The van der Waals surface area contributed by atoms with Crippen molar-refractivity contribution >= 4 is 17.3 Å². The molecule has 0 N–H and O–H groups in total. The van der Waals surface area contributed by atoms with Crippen molar-refractivity contribution in [1.82, 2.24) is 14.3 Å². The first kappa shape index (κ1) is 20.5. The summed E-state index contributed by atoms with van der Waals surface area (Å²) in [5.41, 5.74) is 3.01. The van der Waals surface area contributed by atoms with Crippen molar-refractivity contribution in [3.05, 3.63) is 84.2 Å². The van der Waals surface area contributed by atoms with Crippen molar-refractivity contribution in [3.8, 4) is 22.8 Å². The summed E-state index contributed by atoms with van der Waals surface area (Å²) in [5, 5.41) is 0. The number of ketones is 1. The molecule has 0 radical (unpaired) electrons. The third kappa shape index (κ3) is 3.41. The number of benzene rings is 2. The van der Waals surface area contributed by atoms with E-state index in [2.05, 4.69) is 0 Å². The number of imidazole rings is 1. The van der Waals surface area contributed by atoms with Gasteiger partial charge in [-0.25, -0.2) is 4.98 Å². The second-order valence-electron chi connectivity index (χ2n) is 8.90. The Balaban J connectivity index is 1.23. The lowest BCUT2D eigenvalue weighted by Crippen LogP contribution is -2.45. The molecule has 7 nitrogen and oxygen atoms in total. The Morgan fingerprint density at radius 3 is 2.79 bits per heavy atom. The van der Waals surface area contributed by atoms with Crippen LogP contribution in [0.2, 0.25) is 0 Å². The fourth-order valence-corrected chi connectivity index (χ4v) is 4.89. The average Bonchev–Trinajstić information content (AvgIpc) is 3.48. The molecule has 34 heavy (non-hydrogen) atoms. The van der Waals surface area contributed by atoms with E-state index in [4.69, 9.17) is 14.5 Å². The predicted octanol–water partition coefficient (Wildman–Crippen LogP) is 4.26. The molecule has 2 aromatic carbocycles. The van der Waals surface area contributed by atoms with Gasteiger partial charge in [0.2, 0.25) is 0 Å². The van der Waals surface area contributed by atoms with Gasteiger partial charge in [-0.05, 0) is 30.3 Å². The number of rotatable bonds is 3. The molecule has 1 fully saturated rings. The van der Waals surface area contributed by atoms with E-state index >= 15 is 0 Å². The second-order valence-corrected chi connectivity index (χ2v) is 8.90. The van der Waals surface area contributed by atoms with Gasteiger partial charge in [0.1, 0.15) is 22.7 Å². The average molecular weight is 453 g/mol. The molecule has 1 amide bonds. The molecule has 1 unspecified atom stereocenters. The molecule has 0 aliphatic carbocycles. The van der Waals surface area contributed by atoms with Gasteiger partial charge in [0, 0.05) is 36.5 Å². The number of carbonyl (C=O) groups is 2. The highest BCUT2D eigenvalue weighted by Crippen LogP contribution is 2.40. The summed E-state index contributed by atoms with van der Waals surface area (Å²) >= 11 is 0. The van der Waals surface area contributed by atoms with Crippen molar-refractivity contribution in [1.29, 1.82) is 0 Å². The Bertz CT molecular complexity index is 1430. The smallest absolute Gasteiger partial charge is 0.254 e. The van der Waals surface area contributed by atoms with Crippen LogP contribution in [0.3, 0.4) is 0 Å². The molecule has 1 atom stereocenters. The summed E-state index contributed by atoms with van der Waals surface area (Å²) in [6.45, 7) is 0.907. The summed E-state index contributed by atoms with van der Waals surface area (Å²) in [6.07, 6.45) is 4.67. The summed E-state index contributed by atoms with van der Waals surface area (Å²) in [7, 11) is 1.57. The highest BCUT2D eigenvalue weighted by Gasteiger charge is 2.47. The van der Waals surface area contributed by atoms with Crippen LogP contribution in [-0.2, 0) is 0 Å². The maximum atomic E-state index is 13.3. The first-order valence-corrected chi connectivity index (χ1v) is 11.3. The number of pyridine rings is 1. The van der Waals surface area contributed by atoms with Crippen LogP contribution in [0.4, 0.5) is 0 Å². The van der Waals surface area contributed by atoms with Crippen molar-refractivity contribution in [2.45, 2.75) is 18.4 Å². The summed E-state index contributed by atoms with van der Waals surface area (Å²) in [6, 6.07) is 18.8. The van der Waals surface area contributed by atoms with Gasteiger partial charge >= 0.3 is 0 Å². The minimum atomic E-state index is -0.688. The fraction of sp³-hybridized carbons (Fsp3) is 0.222. The Kier molecular flexibility index (Phi) is 4.65. The second kappa shape index (κ2) is 7.73. The van der Waals surface area contributed by atoms with E-state index in [1.165, 1.54) is 0 Å². The maximum absolute atomic E-state index is 13.3. The first-order valence-electron chi connectivity index (χ1n) is 11.3. The number of hydrogen-bond acceptors (Lipinski definition) is 5. The largest absolute Gasteiger partial charge is 0.497 e. The molecule has 7 heteroatoms. The lowest BCUT2D eigenvalue weighted by Gasteiger charge is -2.34. The van der Waals surface area contributed by atoms with Crippen LogP contribution in [0.5, 0.6) is 11.5 Å². The van der Waals surface area contributed by atoms with Crippen molar-refractivity contribution in [2.24, 2.45) is 0 Å². The number of likely N-dealkylation sites (tertiary alicyclic amines) is 1. The molecule has 2 aliphatic heterocycles. The molecule has 6 rings (SSSR count). The molecule has 2 aromatic heterocycles. The van der Waals surface area contributed by atoms with Gasteiger partial charge in [0.25, 0.3) is 5.91 Å². The molecule has 1 spiro atoms. The Morgan fingerprint density at radius 2 is 1.97 bits per heavy atom. The van der Waals surface area contributed by atoms with E-state index in [0.717, 1.165) is 11.3 Å². The molecule has 4 aromatic rings. The topological polar surface area (TPSA) is 73.1 Å². The Labute approximate surface area is 196 Å². The number of carbonyl (C=O) groups excluding carboxylic acids is 2. The fourth-order valence-electron chi connectivity index (χ4n) is 4.89. The van der Waals surface area contributed by atoms with Crippen LogP contribution in [-0.4, -0.2) is 51.8 Å². The monoisotopic (exact) mass is 453 g/mol. The normalized spacial score (nSPS) is 19.3. The Morgan fingerprint density at radius 1 is 1.12 bits per heavy atom. The first-order chi connectivity index (χ1) is 16.5. The van der Waals surface area contributed by atoms with Gasteiger partial charge in [0.15, 0.2) is 5.78 Å². The SMILES string of the molecule is COc1ccc2c(c1)C(=O)CC1(CCN(C(=O)c3ccn4cc(-c5ccccc5)nc4c3)C1)O2. The van der Waals surface area contributed by atoms with E-state index in [9.17, 15) is 9.59 Å². The maximum Gasteiger partial charge on any atom is 0.254 e. The van der Waals surface area contributed by atoms with Gasteiger partial charge in [-0.1, -0.05) is 30.3 Å². The highest BCUT2D eigenvalue weighted by molar-refractivity contribution is 6.01. The zero-order valence-electron chi connectivity index (χ0n) is 18.7. The molecule has 0 bridgehead atoms. The van der Waals surface area contributed by atoms with Crippen LogP contribution in [0, 0.1) is 0 Å². The minimum Gasteiger partial charge on any atom is -0.497 e. The highest BCUT2D eigenvalue weighted by atomic mass is 16.5. The summed E-state index contributed by atoms with van der Waals surface area (Å²) in [4.78, 5) is 32.7. The molecule has 4 heterocycles. The molecular weight excluding hydrogens is 430 g/mol. The zero-order chi connectivity index (χ0) is 23.3. The van der Waals surface area contributed by atoms with E-state index in [-0.39, 0.29) is 18.1 Å². The van der Waals surface area contributed by atoms with Gasteiger partial charge in [-0.15, -0.1) is 0 Å². The third-order valence-electron chi connectivity index (χ3n) is 6.68. The van der Waals surface area contributed by atoms with E-state index in [1.54, 1.807) is 30.2 Å². The van der Waals surface area contributed by atoms with E-state index in [1.807, 2.05) is 59.3 Å². The standard InChI is InChI=1S/C27H23N3O4/c1-33-20-7-8-24-21(14-20)23(31)15-27(34-24)10-12-30(17-27)26(32)19-9-11-29-16-22(28-25(29)13-19)18-5-3-2-4-6-18/h2-9,11,13-14,16H,10,12,15,17H2,1H3. The molecular formula is C27H23N3O4. The number of ether oxygens (including phenoxy) is 2. The lowest BCUT2D eigenvalue weighted by atomic mass is 9.89. The third-order valence-corrected chi connectivity index (χ3v) is 6.68. The molecule has 1 saturated heterocycles. The van der Waals surface area contributed by atoms with Crippen LogP contribution in [0.25, 0.3) is 16.9 Å². The number of methoxy groups -OCH3 is 1. The number of aromatic nitrogens is 2. The number of hydrogen-bond donors (Lipinski definition) is 0. The minimum absolute atomic E-state index is 0.0155. The van der Waals surface area contributed by atoms with E-state index < -0.39 is 5.60 Å². The lowest BCUT2D eigenvalue weighted by molar-refractivity contribution is 0.0427. The number of amides is 1. The number of fused-ring (bicyclic) bond motifs is 2. The summed E-state index contributed by atoms with van der Waals surface area (Å²) < 4.78 is 13.5. The van der Waals surface area contributed by atoms with Crippen LogP contribution in [0.15, 0.2) is 73.1 Å². The molecule has 2 aliphatic rings. The van der Waals surface area contributed by atoms with Gasteiger partial charge in [-0.3, -0.25) is 9.59 Å². The predicted molar refractivity (Wildman–Crippen MR) is 126 cm³/mol. The van der Waals surface area contributed by atoms with Crippen LogP contribution < -0.4 is 9.47 Å². The summed E-state index contributed by atoms with van der Waals surface area (Å²) in [5.74, 6) is 1.11. The number of Topliss-reactive ketones (excluding diaryl/α,β-unsaturated/α-hetero) is 1. The zero-order valence-corrected chi connectivity index (χ0v) is 18.7.